The van der Waals surface area contributed by atoms with Crippen molar-refractivity contribution < 1.29 is 14.6 Å². The van der Waals surface area contributed by atoms with Gasteiger partial charge in [-0.25, -0.2) is 0 Å². The van der Waals surface area contributed by atoms with Gasteiger partial charge in [0.2, 0.25) is 5.91 Å². The molecule has 4 nitrogen and oxygen atoms in total. The molecule has 1 amide bonds. The van der Waals surface area contributed by atoms with Gasteiger partial charge in [0.15, 0.2) is 0 Å². The fourth-order valence-corrected chi connectivity index (χ4v) is 4.42. The van der Waals surface area contributed by atoms with Gasteiger partial charge in [-0.05, 0) is 29.2 Å². The average Bonchev–Trinajstić information content (AvgIpc) is 3.08. The summed E-state index contributed by atoms with van der Waals surface area (Å²) >= 11 is 0. The van der Waals surface area contributed by atoms with E-state index in [1.807, 2.05) is 29.2 Å². The molecule has 1 saturated carbocycles. The third kappa shape index (κ3) is 3.29. The second-order valence-corrected chi connectivity index (χ2v) is 7.21. The van der Waals surface area contributed by atoms with Crippen molar-refractivity contribution in [2.45, 2.75) is 37.8 Å². The first-order chi connectivity index (χ1) is 12.2. The van der Waals surface area contributed by atoms with Crippen molar-refractivity contribution in [3.8, 4) is 0 Å². The Morgan fingerprint density at radius 1 is 1.16 bits per heavy atom. The first-order valence-corrected chi connectivity index (χ1v) is 9.26. The SMILES string of the molecule is O=C(Cc1cccc2ccccc12)N1CCOC[C@@H]1[C@@H]1CCC[C@@H]1O. The van der Waals surface area contributed by atoms with Crippen molar-refractivity contribution in [2.75, 3.05) is 19.8 Å². The molecule has 2 aliphatic rings. The Morgan fingerprint density at radius 2 is 2.00 bits per heavy atom. The van der Waals surface area contributed by atoms with Gasteiger partial charge in [-0.15, -0.1) is 0 Å². The van der Waals surface area contributed by atoms with Gasteiger partial charge >= 0.3 is 0 Å². The van der Waals surface area contributed by atoms with Crippen LogP contribution < -0.4 is 0 Å². The van der Waals surface area contributed by atoms with Crippen LogP contribution in [0.4, 0.5) is 0 Å². The van der Waals surface area contributed by atoms with Crippen LogP contribution in [-0.2, 0) is 16.0 Å². The molecule has 4 rings (SSSR count). The zero-order valence-corrected chi connectivity index (χ0v) is 14.4. The van der Waals surface area contributed by atoms with Crippen LogP contribution in [0.15, 0.2) is 42.5 Å². The standard InChI is InChI=1S/C21H25NO3/c23-20-10-4-9-18(20)19-14-25-12-11-22(19)21(24)13-16-7-3-6-15-5-1-2-8-17(15)16/h1-3,5-8,18-20,23H,4,9-14H2/t18-,19+,20-/m0/s1. The van der Waals surface area contributed by atoms with Crippen molar-refractivity contribution >= 4 is 16.7 Å². The van der Waals surface area contributed by atoms with E-state index in [1.165, 1.54) is 0 Å². The summed E-state index contributed by atoms with van der Waals surface area (Å²) in [5.41, 5.74) is 1.07. The molecule has 0 unspecified atom stereocenters. The third-order valence-electron chi connectivity index (χ3n) is 5.73. The molecular weight excluding hydrogens is 314 g/mol. The van der Waals surface area contributed by atoms with Crippen LogP contribution in [0.2, 0.25) is 0 Å². The number of fused-ring (bicyclic) bond motifs is 1. The zero-order valence-electron chi connectivity index (χ0n) is 14.4. The smallest absolute Gasteiger partial charge is 0.227 e. The minimum atomic E-state index is -0.306. The van der Waals surface area contributed by atoms with E-state index < -0.39 is 0 Å². The maximum Gasteiger partial charge on any atom is 0.227 e. The number of hydrogen-bond acceptors (Lipinski definition) is 3. The number of ether oxygens (including phenoxy) is 1. The molecule has 1 aliphatic carbocycles. The van der Waals surface area contributed by atoms with Gasteiger partial charge in [-0.1, -0.05) is 48.9 Å². The maximum atomic E-state index is 13.1. The molecule has 1 saturated heterocycles. The molecule has 2 aromatic carbocycles. The van der Waals surface area contributed by atoms with E-state index in [4.69, 9.17) is 4.74 Å². The molecule has 1 N–H and O–H groups in total. The first-order valence-electron chi connectivity index (χ1n) is 9.26. The third-order valence-corrected chi connectivity index (χ3v) is 5.73. The molecule has 0 spiro atoms. The Bertz CT molecular complexity index is 754. The van der Waals surface area contributed by atoms with Crippen LogP contribution in [0.1, 0.15) is 24.8 Å². The number of benzene rings is 2. The Kier molecular flexibility index (Phi) is 4.73. The largest absolute Gasteiger partial charge is 0.393 e. The number of nitrogens with zero attached hydrogens (tertiary/aromatic N) is 1. The molecule has 1 aliphatic heterocycles. The fraction of sp³-hybridized carbons (Fsp3) is 0.476. The minimum Gasteiger partial charge on any atom is -0.393 e. The van der Waals surface area contributed by atoms with Gasteiger partial charge in [0, 0.05) is 12.5 Å². The van der Waals surface area contributed by atoms with Crippen molar-refractivity contribution in [1.29, 1.82) is 0 Å². The number of aliphatic hydroxyl groups is 1. The Labute approximate surface area is 148 Å². The maximum absolute atomic E-state index is 13.1. The molecule has 2 aromatic rings. The molecule has 1 heterocycles. The lowest BCUT2D eigenvalue weighted by molar-refractivity contribution is -0.143. The lowest BCUT2D eigenvalue weighted by atomic mass is 9.93. The highest BCUT2D eigenvalue weighted by molar-refractivity contribution is 5.90. The van der Waals surface area contributed by atoms with Gasteiger partial charge in [-0.2, -0.15) is 0 Å². The van der Waals surface area contributed by atoms with E-state index in [0.717, 1.165) is 35.6 Å². The predicted octanol–water partition coefficient (Wildman–Crippen LogP) is 2.77. The topological polar surface area (TPSA) is 49.8 Å². The number of morpholine rings is 1. The number of aliphatic hydroxyl groups excluding tert-OH is 1. The monoisotopic (exact) mass is 339 g/mol. The second kappa shape index (κ2) is 7.14. The summed E-state index contributed by atoms with van der Waals surface area (Å²) < 4.78 is 5.64. The van der Waals surface area contributed by atoms with Crippen molar-refractivity contribution in [3.05, 3.63) is 48.0 Å². The van der Waals surface area contributed by atoms with E-state index in [9.17, 15) is 9.90 Å². The summed E-state index contributed by atoms with van der Waals surface area (Å²) in [5, 5.41) is 12.6. The molecule has 4 heteroatoms. The fourth-order valence-electron chi connectivity index (χ4n) is 4.42. The normalized spacial score (nSPS) is 26.9. The Morgan fingerprint density at radius 3 is 2.84 bits per heavy atom. The van der Waals surface area contributed by atoms with Crippen LogP contribution in [0.3, 0.4) is 0 Å². The number of amides is 1. The highest BCUT2D eigenvalue weighted by Gasteiger charge is 2.39. The summed E-state index contributed by atoms with van der Waals surface area (Å²) in [6.45, 7) is 1.75. The van der Waals surface area contributed by atoms with E-state index in [0.29, 0.717) is 26.2 Å². The summed E-state index contributed by atoms with van der Waals surface area (Å²) in [6.07, 6.45) is 2.95. The predicted molar refractivity (Wildman–Crippen MR) is 97.3 cm³/mol. The first kappa shape index (κ1) is 16.6. The van der Waals surface area contributed by atoms with Crippen molar-refractivity contribution in [3.63, 3.8) is 0 Å². The van der Waals surface area contributed by atoms with Gasteiger partial charge in [0.25, 0.3) is 0 Å². The van der Waals surface area contributed by atoms with Crippen LogP contribution in [0, 0.1) is 5.92 Å². The lowest BCUT2D eigenvalue weighted by Crippen LogP contribution is -2.54. The summed E-state index contributed by atoms with van der Waals surface area (Å²) in [4.78, 5) is 15.0. The van der Waals surface area contributed by atoms with Crippen LogP contribution in [0.25, 0.3) is 10.8 Å². The van der Waals surface area contributed by atoms with Crippen LogP contribution >= 0.6 is 0 Å². The Balaban J connectivity index is 1.56. The molecular formula is C21H25NO3. The number of rotatable bonds is 3. The summed E-state index contributed by atoms with van der Waals surface area (Å²) in [5.74, 6) is 0.292. The summed E-state index contributed by atoms with van der Waals surface area (Å²) in [7, 11) is 0. The van der Waals surface area contributed by atoms with Gasteiger partial charge in [0.05, 0.1) is 31.8 Å². The highest BCUT2D eigenvalue weighted by atomic mass is 16.5. The van der Waals surface area contributed by atoms with Crippen LogP contribution in [0.5, 0.6) is 0 Å². The molecule has 0 radical (unpaired) electrons. The highest BCUT2D eigenvalue weighted by Crippen LogP contribution is 2.32. The van der Waals surface area contributed by atoms with Crippen LogP contribution in [-0.4, -0.2) is 47.8 Å². The average molecular weight is 339 g/mol. The molecule has 2 fully saturated rings. The van der Waals surface area contributed by atoms with Crippen molar-refractivity contribution in [1.82, 2.24) is 4.90 Å². The molecule has 0 aromatic heterocycles. The lowest BCUT2D eigenvalue weighted by Gasteiger charge is -2.40. The Hall–Kier alpha value is -1.91. The quantitative estimate of drug-likeness (QED) is 0.935. The molecule has 132 valence electrons. The number of carbonyl (C=O) groups is 1. The van der Waals surface area contributed by atoms with E-state index >= 15 is 0 Å². The zero-order chi connectivity index (χ0) is 17.2. The number of carbonyl (C=O) groups excluding carboxylic acids is 1. The van der Waals surface area contributed by atoms with Gasteiger partial charge in [-0.3, -0.25) is 4.79 Å². The minimum absolute atomic E-state index is 0.00808. The van der Waals surface area contributed by atoms with Gasteiger partial charge in [0.1, 0.15) is 0 Å². The van der Waals surface area contributed by atoms with E-state index in [1.54, 1.807) is 0 Å². The van der Waals surface area contributed by atoms with E-state index in [-0.39, 0.29) is 24.0 Å². The summed E-state index contributed by atoms with van der Waals surface area (Å²) in [6, 6.07) is 14.3. The molecule has 25 heavy (non-hydrogen) atoms. The second-order valence-electron chi connectivity index (χ2n) is 7.21. The van der Waals surface area contributed by atoms with E-state index in [2.05, 4.69) is 18.2 Å². The number of hydrogen-bond donors (Lipinski definition) is 1. The van der Waals surface area contributed by atoms with Crippen molar-refractivity contribution in [2.24, 2.45) is 5.92 Å². The van der Waals surface area contributed by atoms with Gasteiger partial charge < -0.3 is 14.7 Å². The molecule has 0 bridgehead atoms. The molecule has 3 atom stereocenters.